The van der Waals surface area contributed by atoms with Gasteiger partial charge in [-0.1, -0.05) is 18.2 Å². The molecule has 4 rings (SSSR count). The molecule has 0 aromatic heterocycles. The van der Waals surface area contributed by atoms with Gasteiger partial charge >= 0.3 is 18.1 Å². The Morgan fingerprint density at radius 2 is 1.91 bits per heavy atom. The summed E-state index contributed by atoms with van der Waals surface area (Å²) in [6, 6.07) is 10.8. The minimum atomic E-state index is -0.821. The number of hydrogen-bond donors (Lipinski definition) is 3. The number of benzene rings is 2. The molecule has 2 aromatic rings. The molecule has 0 spiro atoms. The number of nitrogens with one attached hydrogen (secondary N) is 2. The van der Waals surface area contributed by atoms with Crippen LogP contribution in [0.1, 0.15) is 36.8 Å². The Kier molecular flexibility index (Phi) is 6.76. The first-order valence-electron chi connectivity index (χ1n) is 11.0. The molecule has 0 saturated heterocycles. The molecule has 8 nitrogen and oxygen atoms in total. The molecule has 3 N–H and O–H groups in total. The Morgan fingerprint density at radius 1 is 1.09 bits per heavy atom. The number of para-hydroxylation sites is 1. The van der Waals surface area contributed by atoms with Crippen molar-refractivity contribution in [3.63, 3.8) is 0 Å². The van der Waals surface area contributed by atoms with Gasteiger partial charge in [-0.3, -0.25) is 4.79 Å². The van der Waals surface area contributed by atoms with Crippen LogP contribution >= 0.6 is 0 Å². The standard InChI is InChI=1S/C24H26FN3O5/c25-20-3-1-2-4-21(20)27-23(31)26-18-7-6-17-14-28(10-9-16(17)13-18)24(32)33-19-8-5-15(11-19)12-22(29)30/h1-4,6-7,13,15,19H,5,8-12,14H2,(H,29,30)(H2,26,27,31)/t15-,19+/m0/s1. The van der Waals surface area contributed by atoms with Crippen molar-refractivity contribution in [3.8, 4) is 0 Å². The maximum atomic E-state index is 13.7. The summed E-state index contributed by atoms with van der Waals surface area (Å²) in [5.41, 5.74) is 2.66. The van der Waals surface area contributed by atoms with E-state index in [0.717, 1.165) is 17.5 Å². The maximum absolute atomic E-state index is 13.7. The van der Waals surface area contributed by atoms with Gasteiger partial charge in [0.2, 0.25) is 0 Å². The van der Waals surface area contributed by atoms with Gasteiger partial charge in [0.25, 0.3) is 0 Å². The van der Waals surface area contributed by atoms with E-state index in [1.54, 1.807) is 23.1 Å². The number of nitrogens with zero attached hydrogens (tertiary/aromatic N) is 1. The smallest absolute Gasteiger partial charge is 0.410 e. The molecule has 0 unspecified atom stereocenters. The van der Waals surface area contributed by atoms with Crippen molar-refractivity contribution in [3.05, 3.63) is 59.4 Å². The highest BCUT2D eigenvalue weighted by molar-refractivity contribution is 5.99. The van der Waals surface area contributed by atoms with Crippen LogP contribution in [0.25, 0.3) is 0 Å². The monoisotopic (exact) mass is 455 g/mol. The van der Waals surface area contributed by atoms with E-state index in [4.69, 9.17) is 9.84 Å². The fraction of sp³-hybridized carbons (Fsp3) is 0.375. The summed E-state index contributed by atoms with van der Waals surface area (Å²) in [4.78, 5) is 37.3. The maximum Gasteiger partial charge on any atom is 0.410 e. The summed E-state index contributed by atoms with van der Waals surface area (Å²) in [6.45, 7) is 0.892. The highest BCUT2D eigenvalue weighted by Gasteiger charge is 2.31. The number of anilines is 2. The molecule has 0 bridgehead atoms. The summed E-state index contributed by atoms with van der Waals surface area (Å²) in [7, 11) is 0. The van der Waals surface area contributed by atoms with Crippen LogP contribution < -0.4 is 10.6 Å². The van der Waals surface area contributed by atoms with Crippen LogP contribution in [0.2, 0.25) is 0 Å². The topological polar surface area (TPSA) is 108 Å². The number of urea groups is 1. The third-order valence-corrected chi connectivity index (χ3v) is 6.08. The lowest BCUT2D eigenvalue weighted by Gasteiger charge is -2.29. The zero-order chi connectivity index (χ0) is 23.4. The van der Waals surface area contributed by atoms with Crippen LogP contribution in [0.3, 0.4) is 0 Å². The summed E-state index contributed by atoms with van der Waals surface area (Å²) in [5.74, 6) is -1.28. The van der Waals surface area contributed by atoms with E-state index >= 15 is 0 Å². The number of carbonyl (C=O) groups excluding carboxylic acids is 2. The first-order valence-corrected chi connectivity index (χ1v) is 11.0. The summed E-state index contributed by atoms with van der Waals surface area (Å²) < 4.78 is 19.3. The molecule has 1 aliphatic heterocycles. The van der Waals surface area contributed by atoms with Gasteiger partial charge in [0.05, 0.1) is 5.69 Å². The van der Waals surface area contributed by atoms with Crippen molar-refractivity contribution in [2.24, 2.45) is 5.92 Å². The van der Waals surface area contributed by atoms with Gasteiger partial charge in [-0.05, 0) is 67.0 Å². The Hall–Kier alpha value is -3.62. The lowest BCUT2D eigenvalue weighted by Crippen LogP contribution is -2.38. The Morgan fingerprint density at radius 3 is 2.70 bits per heavy atom. The molecule has 3 amide bonds. The van der Waals surface area contributed by atoms with Crippen LogP contribution in [0.5, 0.6) is 0 Å². The molecule has 0 radical (unpaired) electrons. The first-order chi connectivity index (χ1) is 15.9. The Labute approximate surface area is 190 Å². The van der Waals surface area contributed by atoms with Crippen LogP contribution in [0.4, 0.5) is 25.4 Å². The molecule has 174 valence electrons. The summed E-state index contributed by atoms with van der Waals surface area (Å²) in [6.07, 6.45) is 2.15. The highest BCUT2D eigenvalue weighted by atomic mass is 19.1. The minimum absolute atomic E-state index is 0.0592. The third-order valence-electron chi connectivity index (χ3n) is 6.08. The molecule has 1 fully saturated rings. The number of fused-ring (bicyclic) bond motifs is 1. The largest absolute Gasteiger partial charge is 0.481 e. The average Bonchev–Trinajstić information content (AvgIpc) is 3.20. The molecular formula is C24H26FN3O5. The molecule has 2 aliphatic rings. The second kappa shape index (κ2) is 9.89. The van der Waals surface area contributed by atoms with E-state index in [1.165, 1.54) is 12.1 Å². The molecule has 2 aromatic carbocycles. The number of hydrogen-bond acceptors (Lipinski definition) is 4. The zero-order valence-corrected chi connectivity index (χ0v) is 18.1. The Balaban J connectivity index is 1.30. The molecule has 2 atom stereocenters. The predicted octanol–water partition coefficient (Wildman–Crippen LogP) is 4.61. The van der Waals surface area contributed by atoms with Gasteiger partial charge in [-0.25, -0.2) is 14.0 Å². The van der Waals surface area contributed by atoms with Gasteiger partial charge in [0, 0.05) is 25.2 Å². The van der Waals surface area contributed by atoms with Crippen LogP contribution in [0, 0.1) is 11.7 Å². The first kappa shape index (κ1) is 22.6. The van der Waals surface area contributed by atoms with Crippen LogP contribution in [0.15, 0.2) is 42.5 Å². The van der Waals surface area contributed by atoms with Crippen molar-refractivity contribution < 1.29 is 28.6 Å². The number of amides is 3. The van der Waals surface area contributed by atoms with Crippen molar-refractivity contribution in [2.45, 2.75) is 44.8 Å². The number of rotatable bonds is 5. The van der Waals surface area contributed by atoms with Crippen molar-refractivity contribution in [1.82, 2.24) is 4.90 Å². The molecule has 1 aliphatic carbocycles. The molecule has 1 heterocycles. The Bertz CT molecular complexity index is 1060. The number of carboxylic acids is 1. The predicted molar refractivity (Wildman–Crippen MR) is 119 cm³/mol. The fourth-order valence-electron chi connectivity index (χ4n) is 4.42. The second-order valence-corrected chi connectivity index (χ2v) is 8.50. The van der Waals surface area contributed by atoms with Gasteiger partial charge in [-0.15, -0.1) is 0 Å². The fourth-order valence-corrected chi connectivity index (χ4v) is 4.42. The lowest BCUT2D eigenvalue weighted by molar-refractivity contribution is -0.138. The van der Waals surface area contributed by atoms with Gasteiger partial charge in [-0.2, -0.15) is 0 Å². The number of aliphatic carboxylic acids is 1. The van der Waals surface area contributed by atoms with E-state index in [9.17, 15) is 18.8 Å². The van der Waals surface area contributed by atoms with Crippen molar-refractivity contribution in [1.29, 1.82) is 0 Å². The van der Waals surface area contributed by atoms with Gasteiger partial charge in [0.15, 0.2) is 0 Å². The van der Waals surface area contributed by atoms with Crippen molar-refractivity contribution in [2.75, 3.05) is 17.2 Å². The van der Waals surface area contributed by atoms with E-state index in [2.05, 4.69) is 10.6 Å². The molecule has 33 heavy (non-hydrogen) atoms. The average molecular weight is 455 g/mol. The normalized spacial score (nSPS) is 19.5. The molecule has 1 saturated carbocycles. The number of carboxylic acid groups (broad SMARTS) is 1. The lowest BCUT2D eigenvalue weighted by atomic mass is 9.99. The highest BCUT2D eigenvalue weighted by Crippen LogP contribution is 2.31. The number of ether oxygens (including phenoxy) is 1. The summed E-state index contributed by atoms with van der Waals surface area (Å²) in [5, 5.41) is 14.1. The molecule has 9 heteroatoms. The van der Waals surface area contributed by atoms with Gasteiger partial charge in [0.1, 0.15) is 11.9 Å². The SMILES string of the molecule is O=C(O)C[C@H]1CC[C@@H](OC(=O)N2CCc3cc(NC(=O)Nc4ccccc4F)ccc3C2)C1. The van der Waals surface area contributed by atoms with E-state index in [0.29, 0.717) is 38.0 Å². The molecular weight excluding hydrogens is 429 g/mol. The van der Waals surface area contributed by atoms with Gasteiger partial charge < -0.3 is 25.4 Å². The number of carbonyl (C=O) groups is 3. The number of halogens is 1. The third kappa shape index (κ3) is 5.79. The van der Waals surface area contributed by atoms with Crippen LogP contribution in [-0.2, 0) is 22.5 Å². The zero-order valence-electron chi connectivity index (χ0n) is 18.1. The minimum Gasteiger partial charge on any atom is -0.481 e. The quantitative estimate of drug-likeness (QED) is 0.610. The van der Waals surface area contributed by atoms with Crippen LogP contribution in [-0.4, -0.2) is 40.7 Å². The van der Waals surface area contributed by atoms with Crippen molar-refractivity contribution >= 4 is 29.5 Å². The summed E-state index contributed by atoms with van der Waals surface area (Å²) >= 11 is 0. The second-order valence-electron chi connectivity index (χ2n) is 8.50. The van der Waals surface area contributed by atoms with E-state index in [-0.39, 0.29) is 30.2 Å². The van der Waals surface area contributed by atoms with E-state index < -0.39 is 17.8 Å². The van der Waals surface area contributed by atoms with E-state index in [1.807, 2.05) is 12.1 Å².